The lowest BCUT2D eigenvalue weighted by atomic mass is 10.0. The summed E-state index contributed by atoms with van der Waals surface area (Å²) in [4.78, 5) is 36.4. The van der Waals surface area contributed by atoms with Gasteiger partial charge in [0.05, 0.1) is 41.0 Å². The Labute approximate surface area is 240 Å². The molecule has 6 rings (SSSR count). The van der Waals surface area contributed by atoms with Gasteiger partial charge in [-0.3, -0.25) is 19.6 Å². The van der Waals surface area contributed by atoms with E-state index >= 15 is 0 Å². The lowest BCUT2D eigenvalue weighted by molar-refractivity contribution is 0.0951. The SMILES string of the molecule is O=C(c1cncs1)n1nc(-c2cc(=O)n(Cc3ccnnc3)cc2-c2cccnc2)cc1NCc1ccc(Cl)s1. The van der Waals surface area contributed by atoms with Crippen molar-refractivity contribution in [2.75, 3.05) is 5.32 Å². The fraction of sp³-hybridized carbons (Fsp3) is 0.0741. The topological polar surface area (TPSA) is 120 Å². The van der Waals surface area contributed by atoms with Gasteiger partial charge in [-0.15, -0.1) is 22.7 Å². The Kier molecular flexibility index (Phi) is 7.27. The Morgan fingerprint density at radius 2 is 1.93 bits per heavy atom. The first-order chi connectivity index (χ1) is 19.5. The first kappa shape index (κ1) is 25.7. The number of carbonyl (C=O) groups is 1. The van der Waals surface area contributed by atoms with Gasteiger partial charge in [-0.05, 0) is 29.8 Å². The van der Waals surface area contributed by atoms with Crippen LogP contribution in [0.2, 0.25) is 4.34 Å². The molecule has 10 nitrogen and oxygen atoms in total. The van der Waals surface area contributed by atoms with Gasteiger partial charge in [0.2, 0.25) is 0 Å². The van der Waals surface area contributed by atoms with Crippen LogP contribution in [-0.2, 0) is 13.1 Å². The zero-order valence-corrected chi connectivity index (χ0v) is 23.0. The van der Waals surface area contributed by atoms with E-state index in [1.54, 1.807) is 47.1 Å². The second kappa shape index (κ2) is 11.3. The third kappa shape index (κ3) is 5.45. The van der Waals surface area contributed by atoms with Crippen LogP contribution >= 0.6 is 34.3 Å². The van der Waals surface area contributed by atoms with Crippen molar-refractivity contribution in [2.24, 2.45) is 0 Å². The lowest BCUT2D eigenvalue weighted by Gasteiger charge is -2.12. The molecule has 6 aromatic rings. The number of thiophene rings is 1. The second-order valence-corrected chi connectivity index (χ2v) is 11.3. The molecular formula is C27H19ClN8O2S2. The van der Waals surface area contributed by atoms with Crippen molar-refractivity contribution in [3.63, 3.8) is 0 Å². The number of carbonyl (C=O) groups excluding carboxylic acids is 1. The van der Waals surface area contributed by atoms with Crippen molar-refractivity contribution in [3.8, 4) is 22.4 Å². The number of hydrogen-bond acceptors (Lipinski definition) is 10. The molecule has 0 unspecified atom stereocenters. The van der Waals surface area contributed by atoms with Gasteiger partial charge in [-0.1, -0.05) is 17.7 Å². The highest BCUT2D eigenvalue weighted by molar-refractivity contribution is 7.16. The number of anilines is 1. The highest BCUT2D eigenvalue weighted by atomic mass is 35.5. The van der Waals surface area contributed by atoms with Crippen molar-refractivity contribution in [1.29, 1.82) is 0 Å². The monoisotopic (exact) mass is 586 g/mol. The lowest BCUT2D eigenvalue weighted by Crippen LogP contribution is -2.20. The summed E-state index contributed by atoms with van der Waals surface area (Å²) in [5, 5.41) is 15.7. The molecule has 0 spiro atoms. The molecule has 0 aliphatic carbocycles. The van der Waals surface area contributed by atoms with E-state index in [4.69, 9.17) is 11.6 Å². The molecule has 0 saturated heterocycles. The molecule has 0 fully saturated rings. The van der Waals surface area contributed by atoms with Crippen molar-refractivity contribution in [1.82, 2.24) is 34.5 Å². The predicted molar refractivity (Wildman–Crippen MR) is 155 cm³/mol. The third-order valence-corrected chi connectivity index (χ3v) is 7.98. The quantitative estimate of drug-likeness (QED) is 0.262. The molecule has 0 aliphatic rings. The summed E-state index contributed by atoms with van der Waals surface area (Å²) in [5.41, 5.74) is 4.76. The zero-order valence-electron chi connectivity index (χ0n) is 20.6. The Balaban J connectivity index is 1.45. The molecule has 6 aromatic heterocycles. The van der Waals surface area contributed by atoms with Crippen LogP contribution in [0.15, 0.2) is 90.0 Å². The predicted octanol–water partition coefficient (Wildman–Crippen LogP) is 5.08. The molecule has 40 heavy (non-hydrogen) atoms. The summed E-state index contributed by atoms with van der Waals surface area (Å²) in [6.07, 6.45) is 9.90. The van der Waals surface area contributed by atoms with E-state index in [1.807, 2.05) is 30.3 Å². The molecule has 0 bridgehead atoms. The average molecular weight is 587 g/mol. The number of hydrogen-bond donors (Lipinski definition) is 1. The van der Waals surface area contributed by atoms with Crippen LogP contribution in [0.25, 0.3) is 22.4 Å². The molecule has 0 amide bonds. The Bertz CT molecular complexity index is 1830. The number of aromatic nitrogens is 7. The first-order valence-electron chi connectivity index (χ1n) is 12.0. The van der Waals surface area contributed by atoms with E-state index in [9.17, 15) is 9.59 Å². The number of nitrogens with one attached hydrogen (secondary N) is 1. The van der Waals surface area contributed by atoms with E-state index in [0.717, 1.165) is 21.6 Å². The second-order valence-electron chi connectivity index (χ2n) is 8.62. The maximum absolute atomic E-state index is 13.4. The molecule has 0 radical (unpaired) electrons. The number of nitrogens with zero attached hydrogens (tertiary/aromatic N) is 7. The molecule has 1 N–H and O–H groups in total. The van der Waals surface area contributed by atoms with Gasteiger partial charge in [0.15, 0.2) is 0 Å². The van der Waals surface area contributed by atoms with E-state index < -0.39 is 0 Å². The molecule has 0 aromatic carbocycles. The fourth-order valence-corrected chi connectivity index (χ4v) is 5.68. The van der Waals surface area contributed by atoms with Crippen molar-refractivity contribution in [2.45, 2.75) is 13.1 Å². The number of rotatable bonds is 8. The van der Waals surface area contributed by atoms with Crippen LogP contribution in [0.3, 0.4) is 0 Å². The molecule has 0 aliphatic heterocycles. The molecular weight excluding hydrogens is 568 g/mol. The van der Waals surface area contributed by atoms with Gasteiger partial charge in [-0.25, -0.2) is 0 Å². The van der Waals surface area contributed by atoms with Crippen molar-refractivity contribution >= 4 is 46.0 Å². The van der Waals surface area contributed by atoms with E-state index in [2.05, 4.69) is 30.6 Å². The summed E-state index contributed by atoms with van der Waals surface area (Å²) in [7, 11) is 0. The third-order valence-electron chi connectivity index (χ3n) is 5.99. The highest BCUT2D eigenvalue weighted by Crippen LogP contribution is 2.32. The van der Waals surface area contributed by atoms with Gasteiger partial charge >= 0.3 is 0 Å². The number of halogens is 1. The van der Waals surface area contributed by atoms with Crippen LogP contribution in [0.1, 0.15) is 20.1 Å². The minimum Gasteiger partial charge on any atom is -0.365 e. The molecule has 198 valence electrons. The number of pyridine rings is 2. The Morgan fingerprint density at radius 3 is 2.65 bits per heavy atom. The zero-order chi connectivity index (χ0) is 27.5. The van der Waals surface area contributed by atoms with Crippen molar-refractivity contribution < 1.29 is 4.79 Å². The van der Waals surface area contributed by atoms with E-state index in [1.165, 1.54) is 39.6 Å². The minimum absolute atomic E-state index is 0.231. The van der Waals surface area contributed by atoms with Crippen LogP contribution in [0.4, 0.5) is 5.82 Å². The number of thiazole rings is 1. The Hall–Kier alpha value is -4.52. The highest BCUT2D eigenvalue weighted by Gasteiger charge is 2.21. The van der Waals surface area contributed by atoms with Gasteiger partial charge in [0.25, 0.3) is 11.5 Å². The normalized spacial score (nSPS) is 11.0. The minimum atomic E-state index is -0.332. The first-order valence-corrected chi connectivity index (χ1v) is 14.0. The van der Waals surface area contributed by atoms with E-state index in [0.29, 0.717) is 39.4 Å². The summed E-state index contributed by atoms with van der Waals surface area (Å²) in [5.74, 6) is 0.143. The van der Waals surface area contributed by atoms with Gasteiger partial charge < -0.3 is 9.88 Å². The smallest absolute Gasteiger partial charge is 0.291 e. The van der Waals surface area contributed by atoms with Crippen LogP contribution in [0.5, 0.6) is 0 Å². The maximum atomic E-state index is 13.4. The largest absolute Gasteiger partial charge is 0.365 e. The van der Waals surface area contributed by atoms with Gasteiger partial charge in [0.1, 0.15) is 10.7 Å². The molecule has 0 atom stereocenters. The van der Waals surface area contributed by atoms with Crippen molar-refractivity contribution in [3.05, 3.63) is 115 Å². The van der Waals surface area contributed by atoms with Crippen LogP contribution < -0.4 is 10.9 Å². The van der Waals surface area contributed by atoms with Gasteiger partial charge in [0, 0.05) is 58.5 Å². The van der Waals surface area contributed by atoms with Crippen LogP contribution in [-0.4, -0.2) is 40.4 Å². The summed E-state index contributed by atoms with van der Waals surface area (Å²) >= 11 is 8.77. The summed E-state index contributed by atoms with van der Waals surface area (Å²) < 4.78 is 3.58. The molecule has 6 heterocycles. The summed E-state index contributed by atoms with van der Waals surface area (Å²) in [6, 6.07) is 12.6. The van der Waals surface area contributed by atoms with E-state index in [-0.39, 0.29) is 11.5 Å². The molecule has 0 saturated carbocycles. The standard InChI is InChI=1S/C27H19ClN8O2S2/c28-24-4-3-19(40-24)12-31-25-9-22(34-36(25)27(38)23-13-30-16-39-23)20-8-26(37)35(14-17-5-7-32-33-10-17)15-21(20)18-2-1-6-29-11-18/h1-11,13,15-16,31H,12,14H2. The van der Waals surface area contributed by atoms with Gasteiger partial charge in [-0.2, -0.15) is 20.0 Å². The fourth-order valence-electron chi connectivity index (χ4n) is 4.11. The Morgan fingerprint density at radius 1 is 1.00 bits per heavy atom. The average Bonchev–Trinajstić information content (AvgIpc) is 3.75. The summed E-state index contributed by atoms with van der Waals surface area (Å²) in [6.45, 7) is 0.756. The molecule has 13 heteroatoms. The van der Waals surface area contributed by atoms with Crippen LogP contribution in [0, 0.1) is 0 Å². The maximum Gasteiger partial charge on any atom is 0.291 e.